The van der Waals surface area contributed by atoms with Crippen LogP contribution in [-0.4, -0.2) is 40.8 Å². The molecule has 0 aliphatic carbocycles. The average Bonchev–Trinajstić information content (AvgIpc) is 2.60. The Bertz CT molecular complexity index is 738. The number of aliphatic hydroxyl groups is 1. The second-order valence-corrected chi connectivity index (χ2v) is 7.50. The lowest BCUT2D eigenvalue weighted by molar-refractivity contribution is -0.956. The number of likely N-dealkylation sites (N-methyl/N-ethyl adjacent to an activating group) is 1. The zero-order valence-corrected chi connectivity index (χ0v) is 13.7. The molecule has 3 heteroatoms. The van der Waals surface area contributed by atoms with Crippen LogP contribution in [-0.2, 0) is 0 Å². The maximum Gasteiger partial charge on any atom is 0.131 e. The Balaban J connectivity index is 1.72. The van der Waals surface area contributed by atoms with E-state index < -0.39 is 6.10 Å². The summed E-state index contributed by atoms with van der Waals surface area (Å²) >= 11 is 0. The number of quaternary nitrogens is 1. The van der Waals surface area contributed by atoms with Crippen LogP contribution in [0, 0.1) is 11.8 Å². The molecular weight excluding hydrogens is 284 g/mol. The standard InChI is InChI=1S/C20H25N2O/c1-3-14-13-22(2)11-9-15(14)12-19(22)20(23)17-8-10-21-18-7-5-4-6-16(17)18/h3-8,10,14-15,19-20,23H,1,9,11-13H2,2H3/q+1/t14-,15-,19+,20-,22?/m0/s1. The number of piperidine rings is 3. The number of fused-ring (bicyclic) bond motifs is 4. The molecule has 5 rings (SSSR count). The van der Waals surface area contributed by atoms with Gasteiger partial charge < -0.3 is 9.59 Å². The minimum Gasteiger partial charge on any atom is -0.382 e. The Labute approximate surface area is 137 Å². The summed E-state index contributed by atoms with van der Waals surface area (Å²) in [5.74, 6) is 1.28. The Kier molecular flexibility index (Phi) is 3.51. The molecular formula is C20H25N2O+. The summed E-state index contributed by atoms with van der Waals surface area (Å²) < 4.78 is 0.963. The van der Waals surface area contributed by atoms with Gasteiger partial charge in [0, 0.05) is 30.3 Å². The van der Waals surface area contributed by atoms with Crippen molar-refractivity contribution < 1.29 is 9.59 Å². The highest BCUT2D eigenvalue weighted by atomic mass is 16.3. The molecule has 0 saturated carbocycles. The van der Waals surface area contributed by atoms with E-state index in [9.17, 15) is 5.11 Å². The van der Waals surface area contributed by atoms with Crippen molar-refractivity contribution in [3.05, 3.63) is 54.7 Å². The highest BCUT2D eigenvalue weighted by Gasteiger charge is 2.51. The molecule has 3 nitrogen and oxygen atoms in total. The minimum atomic E-state index is -0.429. The Morgan fingerprint density at radius 1 is 1.35 bits per heavy atom. The Hall–Kier alpha value is -1.71. The van der Waals surface area contributed by atoms with Gasteiger partial charge in [0.15, 0.2) is 0 Å². The van der Waals surface area contributed by atoms with Crippen molar-refractivity contribution >= 4 is 10.9 Å². The lowest BCUT2D eigenvalue weighted by Crippen LogP contribution is -2.66. The highest BCUT2D eigenvalue weighted by Crippen LogP contribution is 2.45. The van der Waals surface area contributed by atoms with Gasteiger partial charge in [-0.1, -0.05) is 24.3 Å². The van der Waals surface area contributed by atoms with E-state index >= 15 is 0 Å². The van der Waals surface area contributed by atoms with Crippen molar-refractivity contribution in [1.29, 1.82) is 0 Å². The van der Waals surface area contributed by atoms with Crippen LogP contribution in [0.3, 0.4) is 0 Å². The number of hydrogen-bond donors (Lipinski definition) is 1. The van der Waals surface area contributed by atoms with Gasteiger partial charge >= 0.3 is 0 Å². The largest absolute Gasteiger partial charge is 0.382 e. The van der Waals surface area contributed by atoms with Crippen molar-refractivity contribution in [2.24, 2.45) is 11.8 Å². The normalized spacial score (nSPS) is 34.4. The molecule has 0 amide bonds. The minimum absolute atomic E-state index is 0.274. The molecule has 3 fully saturated rings. The summed E-state index contributed by atoms with van der Waals surface area (Å²) in [4.78, 5) is 4.43. The predicted octanol–water partition coefficient (Wildman–Crippen LogP) is 3.31. The third kappa shape index (κ3) is 2.30. The van der Waals surface area contributed by atoms with Gasteiger partial charge in [-0.15, -0.1) is 6.58 Å². The molecule has 0 radical (unpaired) electrons. The van der Waals surface area contributed by atoms with Crippen molar-refractivity contribution in [3.8, 4) is 0 Å². The monoisotopic (exact) mass is 309 g/mol. The van der Waals surface area contributed by atoms with Gasteiger partial charge in [0.05, 0.1) is 25.7 Å². The van der Waals surface area contributed by atoms with Gasteiger partial charge in [-0.25, -0.2) is 0 Å². The number of para-hydroxylation sites is 1. The molecule has 3 aliphatic heterocycles. The quantitative estimate of drug-likeness (QED) is 0.697. The van der Waals surface area contributed by atoms with E-state index in [1.165, 1.54) is 13.0 Å². The first-order chi connectivity index (χ1) is 11.1. The topological polar surface area (TPSA) is 33.1 Å². The van der Waals surface area contributed by atoms with E-state index in [4.69, 9.17) is 0 Å². The Morgan fingerprint density at radius 3 is 2.96 bits per heavy atom. The van der Waals surface area contributed by atoms with Crippen LogP contribution in [0.15, 0.2) is 49.2 Å². The molecule has 3 aliphatic rings. The molecule has 3 saturated heterocycles. The van der Waals surface area contributed by atoms with Crippen LogP contribution in [0.4, 0.5) is 0 Å². The van der Waals surface area contributed by atoms with Crippen molar-refractivity contribution in [3.63, 3.8) is 0 Å². The van der Waals surface area contributed by atoms with Gasteiger partial charge in [0.25, 0.3) is 0 Å². The van der Waals surface area contributed by atoms with E-state index in [1.807, 2.05) is 30.5 Å². The zero-order chi connectivity index (χ0) is 16.0. The van der Waals surface area contributed by atoms with Crippen LogP contribution in [0.5, 0.6) is 0 Å². The molecule has 2 bridgehead atoms. The summed E-state index contributed by atoms with van der Waals surface area (Å²) in [6, 6.07) is 10.4. The van der Waals surface area contributed by atoms with Crippen molar-refractivity contribution in [1.82, 2.24) is 4.98 Å². The van der Waals surface area contributed by atoms with Gasteiger partial charge in [0.2, 0.25) is 0 Å². The molecule has 2 aromatic rings. The highest BCUT2D eigenvalue weighted by molar-refractivity contribution is 5.82. The second kappa shape index (κ2) is 5.43. The van der Waals surface area contributed by atoms with Crippen LogP contribution in [0.25, 0.3) is 10.9 Å². The molecule has 4 heterocycles. The van der Waals surface area contributed by atoms with E-state index in [1.54, 1.807) is 0 Å². The van der Waals surface area contributed by atoms with Crippen LogP contribution >= 0.6 is 0 Å². The first-order valence-electron chi connectivity index (χ1n) is 8.61. The molecule has 5 atom stereocenters. The number of pyridine rings is 1. The first kappa shape index (κ1) is 14.9. The fraction of sp³-hybridized carbons (Fsp3) is 0.450. The van der Waals surface area contributed by atoms with Crippen molar-refractivity contribution in [2.45, 2.75) is 25.0 Å². The van der Waals surface area contributed by atoms with E-state index in [0.717, 1.165) is 33.9 Å². The molecule has 1 aromatic carbocycles. The summed E-state index contributed by atoms with van der Waals surface area (Å²) in [7, 11) is 2.31. The van der Waals surface area contributed by atoms with Gasteiger partial charge in [-0.3, -0.25) is 4.98 Å². The van der Waals surface area contributed by atoms with Crippen LogP contribution < -0.4 is 0 Å². The molecule has 0 spiro atoms. The number of benzene rings is 1. The lowest BCUT2D eigenvalue weighted by atomic mass is 9.72. The van der Waals surface area contributed by atoms with E-state index in [0.29, 0.717) is 11.8 Å². The third-order valence-electron chi connectivity index (χ3n) is 6.26. The predicted molar refractivity (Wildman–Crippen MR) is 92.8 cm³/mol. The van der Waals surface area contributed by atoms with E-state index in [2.05, 4.69) is 30.8 Å². The molecule has 1 unspecified atom stereocenters. The Morgan fingerprint density at radius 2 is 2.17 bits per heavy atom. The SMILES string of the molecule is C=C[C@H]1C[N+]2(C)CC[C@H]1C[C@@H]2[C@@H](O)c1ccnc2ccccc12. The fourth-order valence-corrected chi connectivity index (χ4v) is 4.88. The summed E-state index contributed by atoms with van der Waals surface area (Å²) in [5, 5.41) is 12.3. The summed E-state index contributed by atoms with van der Waals surface area (Å²) in [6.45, 7) is 6.30. The number of aliphatic hydroxyl groups excluding tert-OH is 1. The van der Waals surface area contributed by atoms with Gasteiger partial charge in [-0.05, 0) is 23.6 Å². The maximum atomic E-state index is 11.2. The number of hydrogen-bond acceptors (Lipinski definition) is 2. The molecule has 23 heavy (non-hydrogen) atoms. The summed E-state index contributed by atoms with van der Waals surface area (Å²) in [5.41, 5.74) is 1.99. The van der Waals surface area contributed by atoms with Crippen LogP contribution in [0.1, 0.15) is 24.5 Å². The lowest BCUT2D eigenvalue weighted by Gasteiger charge is -2.56. The van der Waals surface area contributed by atoms with Crippen LogP contribution in [0.2, 0.25) is 0 Å². The molecule has 1 aromatic heterocycles. The number of aromatic nitrogens is 1. The first-order valence-corrected chi connectivity index (χ1v) is 8.61. The zero-order valence-electron chi connectivity index (χ0n) is 13.7. The third-order valence-corrected chi connectivity index (χ3v) is 6.26. The maximum absolute atomic E-state index is 11.2. The van der Waals surface area contributed by atoms with Crippen molar-refractivity contribution in [2.75, 3.05) is 20.1 Å². The fourth-order valence-electron chi connectivity index (χ4n) is 4.88. The molecule has 1 N–H and O–H groups in total. The van der Waals surface area contributed by atoms with Gasteiger partial charge in [-0.2, -0.15) is 0 Å². The second-order valence-electron chi connectivity index (χ2n) is 7.50. The number of nitrogens with zero attached hydrogens (tertiary/aromatic N) is 2. The number of rotatable bonds is 3. The molecule has 120 valence electrons. The summed E-state index contributed by atoms with van der Waals surface area (Å²) in [6.07, 6.45) is 5.87. The smallest absolute Gasteiger partial charge is 0.131 e. The average molecular weight is 309 g/mol. The van der Waals surface area contributed by atoms with Gasteiger partial charge in [0.1, 0.15) is 12.1 Å². The van der Waals surface area contributed by atoms with E-state index in [-0.39, 0.29) is 6.04 Å².